The third-order valence-corrected chi connectivity index (χ3v) is 5.52. The molecule has 7 nitrogen and oxygen atoms in total. The van der Waals surface area contributed by atoms with Gasteiger partial charge in [0, 0.05) is 13.2 Å². The molecular weight excluding hydrogens is 467 g/mol. The molecule has 0 bridgehead atoms. The molecular formula is C25H36F3NO6. The first-order valence-corrected chi connectivity index (χ1v) is 11.9. The molecule has 2 rings (SSSR count). The van der Waals surface area contributed by atoms with Gasteiger partial charge in [0.1, 0.15) is 5.60 Å². The highest BCUT2D eigenvalue weighted by molar-refractivity contribution is 5.80. The van der Waals surface area contributed by atoms with Gasteiger partial charge >= 0.3 is 18.2 Å². The van der Waals surface area contributed by atoms with Crippen molar-refractivity contribution in [2.75, 3.05) is 26.4 Å². The summed E-state index contributed by atoms with van der Waals surface area (Å²) in [6.07, 6.45) is -4.65. The van der Waals surface area contributed by atoms with Crippen molar-refractivity contribution in [1.82, 2.24) is 4.90 Å². The highest BCUT2D eigenvalue weighted by atomic mass is 19.4. The molecule has 1 fully saturated rings. The van der Waals surface area contributed by atoms with E-state index in [1.165, 1.54) is 6.92 Å². The predicted octanol–water partition coefficient (Wildman–Crippen LogP) is 5.26. The monoisotopic (exact) mass is 503 g/mol. The Hall–Kier alpha value is -2.33. The number of rotatable bonds is 11. The van der Waals surface area contributed by atoms with Gasteiger partial charge in [0.15, 0.2) is 0 Å². The van der Waals surface area contributed by atoms with Gasteiger partial charge < -0.3 is 23.8 Å². The number of carbonyl (C=O) groups excluding carboxylic acids is 2. The van der Waals surface area contributed by atoms with Gasteiger partial charge in [0.2, 0.25) is 0 Å². The Balaban J connectivity index is 1.97. The van der Waals surface area contributed by atoms with Gasteiger partial charge in [-0.05, 0) is 58.9 Å². The van der Waals surface area contributed by atoms with Gasteiger partial charge in [0.25, 0.3) is 5.60 Å². The van der Waals surface area contributed by atoms with Crippen LogP contribution in [0.2, 0.25) is 0 Å². The van der Waals surface area contributed by atoms with Crippen LogP contribution in [-0.4, -0.2) is 66.7 Å². The second-order valence-electron chi connectivity index (χ2n) is 9.47. The number of alkyl halides is 3. The number of ether oxygens (including phenoxy) is 4. The lowest BCUT2D eigenvalue weighted by Gasteiger charge is -2.33. The first-order chi connectivity index (χ1) is 16.4. The predicted molar refractivity (Wildman–Crippen MR) is 123 cm³/mol. The largest absolute Gasteiger partial charge is 0.464 e. The molecule has 1 aromatic carbocycles. The highest BCUT2D eigenvalue weighted by Gasteiger charge is 2.62. The van der Waals surface area contributed by atoms with E-state index in [2.05, 4.69) is 0 Å². The molecule has 0 saturated carbocycles. The van der Waals surface area contributed by atoms with E-state index < -0.39 is 42.5 Å². The lowest BCUT2D eigenvalue weighted by molar-refractivity contribution is -0.283. The molecule has 1 aliphatic heterocycles. The molecule has 0 radical (unpaired) electrons. The van der Waals surface area contributed by atoms with E-state index in [4.69, 9.17) is 18.9 Å². The van der Waals surface area contributed by atoms with E-state index in [0.29, 0.717) is 12.1 Å². The van der Waals surface area contributed by atoms with E-state index in [0.717, 1.165) is 12.8 Å². The summed E-state index contributed by atoms with van der Waals surface area (Å²) in [5, 5.41) is 0. The van der Waals surface area contributed by atoms with Crippen molar-refractivity contribution in [3.05, 3.63) is 35.9 Å². The van der Waals surface area contributed by atoms with Crippen molar-refractivity contribution >= 4 is 12.1 Å². The van der Waals surface area contributed by atoms with E-state index in [1.807, 2.05) is 0 Å². The summed E-state index contributed by atoms with van der Waals surface area (Å²) >= 11 is 0. The fourth-order valence-electron chi connectivity index (χ4n) is 3.81. The summed E-state index contributed by atoms with van der Waals surface area (Å²) < 4.78 is 63.5. The zero-order valence-electron chi connectivity index (χ0n) is 20.9. The number of hydrogen-bond acceptors (Lipinski definition) is 6. The van der Waals surface area contributed by atoms with Crippen molar-refractivity contribution < 1.29 is 41.7 Å². The second-order valence-corrected chi connectivity index (χ2v) is 9.47. The summed E-state index contributed by atoms with van der Waals surface area (Å²) in [5.41, 5.74) is -3.22. The zero-order chi connectivity index (χ0) is 26.1. The maximum Gasteiger partial charge on any atom is 0.428 e. The van der Waals surface area contributed by atoms with Crippen LogP contribution in [0.5, 0.6) is 0 Å². The lowest BCUT2D eigenvalue weighted by Crippen LogP contribution is -2.55. The molecule has 1 aromatic rings. The number of amides is 1. The molecule has 1 unspecified atom stereocenters. The van der Waals surface area contributed by atoms with Gasteiger partial charge in [-0.3, -0.25) is 0 Å². The van der Waals surface area contributed by atoms with Crippen LogP contribution in [0.4, 0.5) is 18.0 Å². The average Bonchev–Trinajstić information content (AvgIpc) is 3.23. The van der Waals surface area contributed by atoms with E-state index >= 15 is 0 Å². The minimum absolute atomic E-state index is 0.0371. The van der Waals surface area contributed by atoms with Gasteiger partial charge in [-0.1, -0.05) is 30.3 Å². The SMILES string of the molecule is CCOC(=O)C(CCCOC[C@@H]1CCCN1C(=O)OC(C)(C)C)(OCc1ccccc1)C(F)(F)F. The van der Waals surface area contributed by atoms with Crippen LogP contribution in [0, 0.1) is 0 Å². The van der Waals surface area contributed by atoms with Gasteiger partial charge in [-0.2, -0.15) is 13.2 Å². The van der Waals surface area contributed by atoms with Crippen molar-refractivity contribution in [3.8, 4) is 0 Å². The number of benzene rings is 1. The number of hydrogen-bond donors (Lipinski definition) is 0. The van der Waals surface area contributed by atoms with Crippen LogP contribution in [0.25, 0.3) is 0 Å². The molecule has 0 aromatic heterocycles. The summed E-state index contributed by atoms with van der Waals surface area (Å²) in [6, 6.07) is 8.11. The summed E-state index contributed by atoms with van der Waals surface area (Å²) in [4.78, 5) is 26.4. The summed E-state index contributed by atoms with van der Waals surface area (Å²) in [6.45, 7) is 6.85. The van der Waals surface area contributed by atoms with Crippen molar-refractivity contribution in [3.63, 3.8) is 0 Å². The van der Waals surface area contributed by atoms with E-state index in [9.17, 15) is 22.8 Å². The maximum absolute atomic E-state index is 14.2. The van der Waals surface area contributed by atoms with Crippen LogP contribution in [0.15, 0.2) is 30.3 Å². The molecule has 10 heteroatoms. The molecule has 1 saturated heterocycles. The molecule has 2 atom stereocenters. The van der Waals surface area contributed by atoms with Crippen molar-refractivity contribution in [2.45, 2.75) is 83.4 Å². The zero-order valence-corrected chi connectivity index (χ0v) is 20.9. The number of nitrogens with zero attached hydrogens (tertiary/aromatic N) is 1. The Morgan fingerprint density at radius 1 is 1.11 bits per heavy atom. The number of likely N-dealkylation sites (tertiary alicyclic amines) is 1. The Morgan fingerprint density at radius 2 is 1.80 bits per heavy atom. The van der Waals surface area contributed by atoms with Crippen LogP contribution < -0.4 is 0 Å². The Labute approximate surface area is 204 Å². The van der Waals surface area contributed by atoms with Crippen LogP contribution in [-0.2, 0) is 30.3 Å². The Bertz CT molecular complexity index is 812. The molecule has 0 N–H and O–H groups in total. The molecule has 35 heavy (non-hydrogen) atoms. The minimum Gasteiger partial charge on any atom is -0.464 e. The third-order valence-electron chi connectivity index (χ3n) is 5.52. The number of esters is 1. The molecule has 1 heterocycles. The highest BCUT2D eigenvalue weighted by Crippen LogP contribution is 2.39. The van der Waals surface area contributed by atoms with Crippen LogP contribution in [0.1, 0.15) is 58.9 Å². The normalized spacial score (nSPS) is 18.3. The van der Waals surface area contributed by atoms with Crippen molar-refractivity contribution in [2.24, 2.45) is 0 Å². The standard InChI is InChI=1S/C25H36F3NO6/c1-5-33-21(30)24(25(26,27)28,34-17-19-11-7-6-8-12-19)14-10-16-32-18-20-13-9-15-29(20)22(31)35-23(2,3)4/h6-8,11-12,20H,5,9-10,13-18H2,1-4H3/t20-,24?/m0/s1. The quantitative estimate of drug-likeness (QED) is 0.303. The lowest BCUT2D eigenvalue weighted by atomic mass is 9.96. The van der Waals surface area contributed by atoms with Crippen molar-refractivity contribution in [1.29, 1.82) is 0 Å². The minimum atomic E-state index is -4.98. The third kappa shape index (κ3) is 8.38. The number of carbonyl (C=O) groups is 2. The van der Waals surface area contributed by atoms with Gasteiger partial charge in [0.05, 0.1) is 25.9 Å². The summed E-state index contributed by atoms with van der Waals surface area (Å²) in [5.74, 6) is -1.46. The smallest absolute Gasteiger partial charge is 0.428 e. The molecule has 0 aliphatic carbocycles. The molecule has 198 valence electrons. The fourth-order valence-corrected chi connectivity index (χ4v) is 3.81. The first kappa shape index (κ1) is 28.9. The van der Waals surface area contributed by atoms with E-state index in [1.54, 1.807) is 56.0 Å². The fraction of sp³-hybridized carbons (Fsp3) is 0.680. The average molecular weight is 504 g/mol. The summed E-state index contributed by atoms with van der Waals surface area (Å²) in [7, 11) is 0. The topological polar surface area (TPSA) is 74.3 Å². The van der Waals surface area contributed by atoms with E-state index in [-0.39, 0.29) is 32.3 Å². The van der Waals surface area contributed by atoms with Crippen LogP contribution >= 0.6 is 0 Å². The molecule has 0 spiro atoms. The maximum atomic E-state index is 14.2. The Kier molecular flexibility index (Phi) is 10.4. The van der Waals surface area contributed by atoms with Crippen LogP contribution in [0.3, 0.4) is 0 Å². The number of halogens is 3. The molecule has 1 aliphatic rings. The first-order valence-electron chi connectivity index (χ1n) is 11.9. The van der Waals surface area contributed by atoms with Gasteiger partial charge in [-0.25, -0.2) is 9.59 Å². The van der Waals surface area contributed by atoms with Gasteiger partial charge in [-0.15, -0.1) is 0 Å². The Morgan fingerprint density at radius 3 is 2.40 bits per heavy atom. The molecule has 1 amide bonds. The second kappa shape index (κ2) is 12.6.